The van der Waals surface area contributed by atoms with Gasteiger partial charge in [-0.3, -0.25) is 0 Å². The minimum absolute atomic E-state index is 0.365. The molecule has 2 nitrogen and oxygen atoms in total. The van der Waals surface area contributed by atoms with Gasteiger partial charge in [-0.05, 0) is 37.1 Å². The van der Waals surface area contributed by atoms with E-state index in [2.05, 4.69) is 30.4 Å². The van der Waals surface area contributed by atoms with Crippen LogP contribution in [0.5, 0.6) is 5.75 Å². The molecule has 0 amide bonds. The molecule has 0 aliphatic rings. The van der Waals surface area contributed by atoms with Gasteiger partial charge >= 0.3 is 0 Å². The number of anilines is 1. The maximum atomic E-state index is 5.37. The zero-order valence-electron chi connectivity index (χ0n) is 10.9. The van der Waals surface area contributed by atoms with Crippen LogP contribution in [0.15, 0.2) is 54.6 Å². The maximum absolute atomic E-state index is 5.37. The van der Waals surface area contributed by atoms with E-state index in [1.54, 1.807) is 7.11 Å². The van der Waals surface area contributed by atoms with Gasteiger partial charge in [-0.15, -0.1) is 0 Å². The van der Waals surface area contributed by atoms with Gasteiger partial charge < -0.3 is 10.1 Å². The molecule has 0 fully saturated rings. The summed E-state index contributed by atoms with van der Waals surface area (Å²) in [6.07, 6.45) is 0.943. The van der Waals surface area contributed by atoms with E-state index in [4.69, 9.17) is 4.74 Å². The molecule has 94 valence electrons. The molecule has 0 aliphatic heterocycles. The van der Waals surface area contributed by atoms with E-state index in [-0.39, 0.29) is 0 Å². The molecule has 2 heteroatoms. The number of hydrogen-bond acceptors (Lipinski definition) is 2. The lowest BCUT2D eigenvalue weighted by Gasteiger charge is -2.16. The van der Waals surface area contributed by atoms with Crippen LogP contribution >= 0.6 is 0 Å². The SMILES string of the molecule is COc1ccccc1CC(C)Nc1ccccc1. The summed E-state index contributed by atoms with van der Waals surface area (Å²) in [5, 5.41) is 3.49. The molecule has 18 heavy (non-hydrogen) atoms. The van der Waals surface area contributed by atoms with Crippen molar-refractivity contribution in [3.63, 3.8) is 0 Å². The number of ether oxygens (including phenoxy) is 1. The molecule has 2 aromatic rings. The highest BCUT2D eigenvalue weighted by atomic mass is 16.5. The lowest BCUT2D eigenvalue weighted by atomic mass is 10.1. The summed E-state index contributed by atoms with van der Waals surface area (Å²) >= 11 is 0. The highest BCUT2D eigenvalue weighted by Crippen LogP contribution is 2.20. The van der Waals surface area contributed by atoms with E-state index in [0.717, 1.165) is 17.9 Å². The molecule has 1 N–H and O–H groups in total. The minimum atomic E-state index is 0.365. The molecule has 0 radical (unpaired) electrons. The Kier molecular flexibility index (Phi) is 4.24. The lowest BCUT2D eigenvalue weighted by molar-refractivity contribution is 0.409. The van der Waals surface area contributed by atoms with Crippen LogP contribution in [0.3, 0.4) is 0 Å². The van der Waals surface area contributed by atoms with Gasteiger partial charge in [-0.25, -0.2) is 0 Å². The predicted molar refractivity (Wildman–Crippen MR) is 76.2 cm³/mol. The van der Waals surface area contributed by atoms with Crippen molar-refractivity contribution < 1.29 is 4.74 Å². The Labute approximate surface area is 109 Å². The molecule has 1 atom stereocenters. The number of benzene rings is 2. The van der Waals surface area contributed by atoms with Crippen molar-refractivity contribution in [1.82, 2.24) is 0 Å². The number of methoxy groups -OCH3 is 1. The maximum Gasteiger partial charge on any atom is 0.122 e. The standard InChI is InChI=1S/C16H19NO/c1-13(17-15-9-4-3-5-10-15)12-14-8-6-7-11-16(14)18-2/h3-11,13,17H,12H2,1-2H3. The van der Waals surface area contributed by atoms with Crippen LogP contribution in [-0.4, -0.2) is 13.2 Å². The zero-order valence-corrected chi connectivity index (χ0v) is 10.9. The first-order valence-corrected chi connectivity index (χ1v) is 6.23. The molecule has 0 bridgehead atoms. The van der Waals surface area contributed by atoms with Crippen molar-refractivity contribution in [2.45, 2.75) is 19.4 Å². The zero-order chi connectivity index (χ0) is 12.8. The fraction of sp³-hybridized carbons (Fsp3) is 0.250. The van der Waals surface area contributed by atoms with Gasteiger partial charge in [-0.2, -0.15) is 0 Å². The average Bonchev–Trinajstić information content (AvgIpc) is 2.40. The Hall–Kier alpha value is -1.96. The van der Waals surface area contributed by atoms with Crippen LogP contribution in [0.25, 0.3) is 0 Å². The third kappa shape index (κ3) is 3.27. The molecule has 0 spiro atoms. The summed E-state index contributed by atoms with van der Waals surface area (Å²) in [5.74, 6) is 0.958. The third-order valence-electron chi connectivity index (χ3n) is 2.91. The van der Waals surface area contributed by atoms with Gasteiger partial charge in [0.05, 0.1) is 7.11 Å². The summed E-state index contributed by atoms with van der Waals surface area (Å²) in [6, 6.07) is 18.8. The van der Waals surface area contributed by atoms with Gasteiger partial charge in [0.1, 0.15) is 5.75 Å². The monoisotopic (exact) mass is 241 g/mol. The Bertz CT molecular complexity index is 481. The number of para-hydroxylation sites is 2. The van der Waals surface area contributed by atoms with Crippen molar-refractivity contribution in [3.8, 4) is 5.75 Å². The van der Waals surface area contributed by atoms with Crippen molar-refractivity contribution >= 4 is 5.69 Å². The van der Waals surface area contributed by atoms with Crippen LogP contribution < -0.4 is 10.1 Å². The fourth-order valence-electron chi connectivity index (χ4n) is 2.07. The first-order chi connectivity index (χ1) is 8.79. The molecule has 0 heterocycles. The molecular formula is C16H19NO. The van der Waals surface area contributed by atoms with Gasteiger partial charge in [0, 0.05) is 11.7 Å². The van der Waals surface area contributed by atoms with Gasteiger partial charge in [-0.1, -0.05) is 36.4 Å². The lowest BCUT2D eigenvalue weighted by Crippen LogP contribution is -2.18. The van der Waals surface area contributed by atoms with Crippen molar-refractivity contribution in [2.75, 3.05) is 12.4 Å². The minimum Gasteiger partial charge on any atom is -0.496 e. The number of rotatable bonds is 5. The smallest absolute Gasteiger partial charge is 0.122 e. The second kappa shape index (κ2) is 6.10. The first-order valence-electron chi connectivity index (χ1n) is 6.23. The molecule has 0 saturated heterocycles. The van der Waals surface area contributed by atoms with Crippen molar-refractivity contribution in [2.24, 2.45) is 0 Å². The van der Waals surface area contributed by atoms with Crippen LogP contribution in [0.1, 0.15) is 12.5 Å². The highest BCUT2D eigenvalue weighted by Gasteiger charge is 2.07. The van der Waals surface area contributed by atoms with E-state index >= 15 is 0 Å². The Morgan fingerprint density at radius 1 is 1.00 bits per heavy atom. The molecule has 0 saturated carbocycles. The Morgan fingerprint density at radius 3 is 2.39 bits per heavy atom. The normalized spacial score (nSPS) is 11.9. The molecular weight excluding hydrogens is 222 g/mol. The van der Waals surface area contributed by atoms with E-state index in [9.17, 15) is 0 Å². The first kappa shape index (κ1) is 12.5. The Balaban J connectivity index is 2.01. The van der Waals surface area contributed by atoms with E-state index in [1.807, 2.05) is 36.4 Å². The average molecular weight is 241 g/mol. The summed E-state index contributed by atoms with van der Waals surface area (Å²) in [6.45, 7) is 2.18. The topological polar surface area (TPSA) is 21.3 Å². The largest absolute Gasteiger partial charge is 0.496 e. The van der Waals surface area contributed by atoms with Gasteiger partial charge in [0.2, 0.25) is 0 Å². The predicted octanol–water partition coefficient (Wildman–Crippen LogP) is 3.74. The third-order valence-corrected chi connectivity index (χ3v) is 2.91. The van der Waals surface area contributed by atoms with Crippen molar-refractivity contribution in [3.05, 3.63) is 60.2 Å². The van der Waals surface area contributed by atoms with Crippen LogP contribution in [-0.2, 0) is 6.42 Å². The van der Waals surface area contributed by atoms with Gasteiger partial charge in [0.15, 0.2) is 0 Å². The Morgan fingerprint density at radius 2 is 1.67 bits per heavy atom. The van der Waals surface area contributed by atoms with Crippen molar-refractivity contribution in [1.29, 1.82) is 0 Å². The highest BCUT2D eigenvalue weighted by molar-refractivity contribution is 5.44. The van der Waals surface area contributed by atoms with Crippen LogP contribution in [0, 0.1) is 0 Å². The van der Waals surface area contributed by atoms with Crippen LogP contribution in [0.2, 0.25) is 0 Å². The van der Waals surface area contributed by atoms with E-state index < -0.39 is 0 Å². The van der Waals surface area contributed by atoms with E-state index in [0.29, 0.717) is 6.04 Å². The molecule has 0 aliphatic carbocycles. The summed E-state index contributed by atoms with van der Waals surface area (Å²) in [5.41, 5.74) is 2.39. The molecule has 1 unspecified atom stereocenters. The number of hydrogen-bond donors (Lipinski definition) is 1. The molecule has 2 aromatic carbocycles. The fourth-order valence-corrected chi connectivity index (χ4v) is 2.07. The second-order valence-corrected chi connectivity index (χ2v) is 4.43. The summed E-state index contributed by atoms with van der Waals surface area (Å²) in [7, 11) is 1.72. The van der Waals surface area contributed by atoms with Gasteiger partial charge in [0.25, 0.3) is 0 Å². The quantitative estimate of drug-likeness (QED) is 0.861. The number of nitrogens with one attached hydrogen (secondary N) is 1. The second-order valence-electron chi connectivity index (χ2n) is 4.43. The summed E-state index contributed by atoms with van der Waals surface area (Å²) < 4.78 is 5.37. The molecule has 2 rings (SSSR count). The van der Waals surface area contributed by atoms with E-state index in [1.165, 1.54) is 5.56 Å². The van der Waals surface area contributed by atoms with Crippen LogP contribution in [0.4, 0.5) is 5.69 Å². The summed E-state index contributed by atoms with van der Waals surface area (Å²) in [4.78, 5) is 0. The molecule has 0 aromatic heterocycles.